The van der Waals surface area contributed by atoms with Crippen molar-refractivity contribution in [1.82, 2.24) is 14.7 Å². The van der Waals surface area contributed by atoms with Crippen molar-refractivity contribution in [3.05, 3.63) is 98.4 Å². The van der Waals surface area contributed by atoms with Crippen molar-refractivity contribution in [1.29, 1.82) is 0 Å². The second-order valence-corrected chi connectivity index (χ2v) is 9.78. The van der Waals surface area contributed by atoms with Crippen molar-refractivity contribution in [3.8, 4) is 5.75 Å². The van der Waals surface area contributed by atoms with Crippen LogP contribution < -0.4 is 15.0 Å². The molecule has 0 saturated carbocycles. The van der Waals surface area contributed by atoms with E-state index in [4.69, 9.17) is 44.6 Å². The molecule has 0 atom stereocenters. The quantitative estimate of drug-likeness (QED) is 0.239. The predicted molar refractivity (Wildman–Crippen MR) is 155 cm³/mol. The average molecular weight is 602 g/mol. The SMILES string of the molecule is Cc1nc2c(OCc3c(Cl)ccc(N(C)C(=O)CNC(=O)/C=C/c4ccc(C(=O)O)cc4)c3Cl)cccn2c1Cl. The fourth-order valence-corrected chi connectivity index (χ4v) is 4.53. The summed E-state index contributed by atoms with van der Waals surface area (Å²) in [5.41, 5.74) is 2.83. The predicted octanol–water partition coefficient (Wildman–Crippen LogP) is 5.67. The van der Waals surface area contributed by atoms with Crippen LogP contribution in [0.2, 0.25) is 15.2 Å². The van der Waals surface area contributed by atoms with Crippen LogP contribution in [0.4, 0.5) is 5.69 Å². The highest BCUT2D eigenvalue weighted by molar-refractivity contribution is 6.38. The molecule has 40 heavy (non-hydrogen) atoms. The Bertz CT molecular complexity index is 1630. The number of aromatic nitrogens is 2. The van der Waals surface area contributed by atoms with Crippen molar-refractivity contribution in [2.45, 2.75) is 13.5 Å². The number of carbonyl (C=O) groups excluding carboxylic acids is 2. The lowest BCUT2D eigenvalue weighted by atomic mass is 10.1. The summed E-state index contributed by atoms with van der Waals surface area (Å²) in [5, 5.41) is 12.5. The molecule has 4 rings (SSSR count). The minimum absolute atomic E-state index is 0.00567. The molecule has 0 bridgehead atoms. The van der Waals surface area contributed by atoms with E-state index in [1.807, 2.05) is 0 Å². The number of likely N-dealkylation sites (N-methyl/N-ethyl adjacent to an activating group) is 1. The van der Waals surface area contributed by atoms with Gasteiger partial charge in [0.2, 0.25) is 11.8 Å². The number of rotatable bonds is 9. The standard InChI is InChI=1S/C28H23Cl3N4O5/c1-16-26(31)35-13-3-4-22(27(35)33-16)40-15-19-20(29)10-11-21(25(19)30)34(2)24(37)14-32-23(36)12-7-17-5-8-18(9-6-17)28(38)39/h3-13H,14-15H2,1-2H3,(H,32,36)(H,38,39)/b12-7+. The first-order valence-electron chi connectivity index (χ1n) is 11.9. The van der Waals surface area contributed by atoms with Gasteiger partial charge < -0.3 is 20.1 Å². The van der Waals surface area contributed by atoms with Crippen LogP contribution in [0.5, 0.6) is 5.75 Å². The molecule has 2 aromatic heterocycles. The van der Waals surface area contributed by atoms with Gasteiger partial charge in [-0.1, -0.05) is 46.9 Å². The Morgan fingerprint density at radius 1 is 1.10 bits per heavy atom. The molecule has 0 spiro atoms. The number of nitrogens with one attached hydrogen (secondary N) is 1. The number of hydrogen-bond acceptors (Lipinski definition) is 5. The van der Waals surface area contributed by atoms with Gasteiger partial charge in [0.15, 0.2) is 11.4 Å². The minimum Gasteiger partial charge on any atom is -0.485 e. The van der Waals surface area contributed by atoms with Crippen molar-refractivity contribution < 1.29 is 24.2 Å². The maximum Gasteiger partial charge on any atom is 0.335 e. The normalized spacial score (nSPS) is 11.1. The molecule has 4 aromatic rings. The summed E-state index contributed by atoms with van der Waals surface area (Å²) >= 11 is 19.3. The summed E-state index contributed by atoms with van der Waals surface area (Å²) < 4.78 is 7.69. The van der Waals surface area contributed by atoms with E-state index < -0.39 is 17.8 Å². The van der Waals surface area contributed by atoms with E-state index in [2.05, 4.69) is 10.3 Å². The van der Waals surface area contributed by atoms with Gasteiger partial charge in [-0.2, -0.15) is 0 Å². The lowest BCUT2D eigenvalue weighted by Gasteiger charge is -2.21. The number of fused-ring (bicyclic) bond motifs is 1. The van der Waals surface area contributed by atoms with Crippen molar-refractivity contribution in [3.63, 3.8) is 0 Å². The van der Waals surface area contributed by atoms with Gasteiger partial charge in [-0.3, -0.25) is 14.0 Å². The largest absolute Gasteiger partial charge is 0.485 e. The van der Waals surface area contributed by atoms with Crippen LogP contribution in [-0.4, -0.2) is 45.9 Å². The van der Waals surface area contributed by atoms with Gasteiger partial charge in [0.05, 0.1) is 28.5 Å². The first-order valence-corrected chi connectivity index (χ1v) is 13.0. The van der Waals surface area contributed by atoms with Crippen molar-refractivity contribution in [2.24, 2.45) is 0 Å². The monoisotopic (exact) mass is 600 g/mol. The smallest absolute Gasteiger partial charge is 0.335 e. The molecular weight excluding hydrogens is 579 g/mol. The van der Waals surface area contributed by atoms with E-state index in [0.717, 1.165) is 0 Å². The number of carboxylic acid groups (broad SMARTS) is 1. The molecule has 9 nitrogen and oxygen atoms in total. The maximum atomic E-state index is 12.8. The van der Waals surface area contributed by atoms with Gasteiger partial charge in [0, 0.05) is 29.9 Å². The van der Waals surface area contributed by atoms with E-state index >= 15 is 0 Å². The Labute approximate surface area is 244 Å². The summed E-state index contributed by atoms with van der Waals surface area (Å²) in [4.78, 5) is 41.7. The maximum absolute atomic E-state index is 12.8. The number of ether oxygens (including phenoxy) is 1. The summed E-state index contributed by atoms with van der Waals surface area (Å²) in [6.45, 7) is 1.51. The van der Waals surface area contributed by atoms with Crippen LogP contribution in [0.25, 0.3) is 11.7 Å². The van der Waals surface area contributed by atoms with Gasteiger partial charge in [-0.25, -0.2) is 9.78 Å². The summed E-state index contributed by atoms with van der Waals surface area (Å²) in [5.74, 6) is -1.48. The van der Waals surface area contributed by atoms with Gasteiger partial charge in [0.1, 0.15) is 11.8 Å². The van der Waals surface area contributed by atoms with Crippen LogP contribution >= 0.6 is 34.8 Å². The number of aromatic carboxylic acids is 1. The molecule has 0 aliphatic carbocycles. The van der Waals surface area contributed by atoms with Crippen LogP contribution in [0.1, 0.15) is 27.2 Å². The molecule has 0 fully saturated rings. The summed E-state index contributed by atoms with van der Waals surface area (Å²) in [6, 6.07) is 12.8. The molecule has 2 heterocycles. The molecular formula is C28H23Cl3N4O5. The Morgan fingerprint density at radius 3 is 2.52 bits per heavy atom. The molecule has 0 saturated heterocycles. The van der Waals surface area contributed by atoms with E-state index in [-0.39, 0.29) is 23.7 Å². The molecule has 2 amide bonds. The van der Waals surface area contributed by atoms with Crippen molar-refractivity contribution >= 4 is 70.0 Å². The first kappa shape index (κ1) is 28.9. The fourth-order valence-electron chi connectivity index (χ4n) is 3.75. The number of imidazole rings is 1. The summed E-state index contributed by atoms with van der Waals surface area (Å²) in [6.07, 6.45) is 4.54. The third kappa shape index (κ3) is 6.39. The zero-order chi connectivity index (χ0) is 29.0. The molecule has 12 heteroatoms. The second-order valence-electron chi connectivity index (χ2n) is 8.63. The van der Waals surface area contributed by atoms with E-state index in [1.165, 1.54) is 36.2 Å². The Morgan fingerprint density at radius 2 is 1.82 bits per heavy atom. The van der Waals surface area contributed by atoms with E-state index in [1.54, 1.807) is 53.9 Å². The number of carbonyl (C=O) groups is 3. The number of hydrogen-bond donors (Lipinski definition) is 2. The molecule has 2 N–H and O–H groups in total. The van der Waals surface area contributed by atoms with Gasteiger partial charge in [-0.05, 0) is 55.0 Å². The Balaban J connectivity index is 1.40. The molecule has 0 aliphatic heterocycles. The van der Waals surface area contributed by atoms with E-state index in [0.29, 0.717) is 44.1 Å². The van der Waals surface area contributed by atoms with Crippen LogP contribution in [0, 0.1) is 6.92 Å². The highest BCUT2D eigenvalue weighted by Crippen LogP contribution is 2.35. The number of amides is 2. The lowest BCUT2D eigenvalue weighted by Crippen LogP contribution is -2.37. The van der Waals surface area contributed by atoms with E-state index in [9.17, 15) is 14.4 Å². The Kier molecular flexibility index (Phi) is 8.99. The number of halogens is 3. The number of pyridine rings is 1. The fraction of sp³-hybridized carbons (Fsp3) is 0.143. The number of carboxylic acids is 1. The number of nitrogens with zero attached hydrogens (tertiary/aromatic N) is 3. The van der Waals surface area contributed by atoms with Gasteiger partial charge >= 0.3 is 5.97 Å². The van der Waals surface area contributed by atoms with Crippen LogP contribution in [0.15, 0.2) is 60.8 Å². The highest BCUT2D eigenvalue weighted by Gasteiger charge is 2.20. The van der Waals surface area contributed by atoms with Crippen LogP contribution in [0.3, 0.4) is 0 Å². The average Bonchev–Trinajstić information content (AvgIpc) is 3.24. The second kappa shape index (κ2) is 12.4. The summed E-state index contributed by atoms with van der Waals surface area (Å²) in [7, 11) is 1.53. The number of anilines is 1. The molecule has 0 radical (unpaired) electrons. The molecule has 206 valence electrons. The topological polar surface area (TPSA) is 113 Å². The zero-order valence-electron chi connectivity index (χ0n) is 21.3. The highest BCUT2D eigenvalue weighted by atomic mass is 35.5. The number of aryl methyl sites for hydroxylation is 1. The van der Waals surface area contributed by atoms with Crippen LogP contribution in [-0.2, 0) is 16.2 Å². The molecule has 0 aliphatic rings. The molecule has 2 aromatic carbocycles. The lowest BCUT2D eigenvalue weighted by molar-refractivity contribution is -0.122. The molecule has 0 unspecified atom stereocenters. The number of benzene rings is 2. The first-order chi connectivity index (χ1) is 19.1. The van der Waals surface area contributed by atoms with Gasteiger partial charge in [0.25, 0.3) is 0 Å². The van der Waals surface area contributed by atoms with Crippen molar-refractivity contribution in [2.75, 3.05) is 18.5 Å². The third-order valence-corrected chi connectivity index (χ3v) is 7.22. The van der Waals surface area contributed by atoms with Gasteiger partial charge in [-0.15, -0.1) is 0 Å². The Hall–Kier alpha value is -4.05. The zero-order valence-corrected chi connectivity index (χ0v) is 23.6. The third-order valence-electron chi connectivity index (χ3n) is 5.99. The minimum atomic E-state index is -1.04.